The number of fused-ring (bicyclic) bond motifs is 1. The zero-order chi connectivity index (χ0) is 22.9. The van der Waals surface area contributed by atoms with E-state index in [0.717, 1.165) is 0 Å². The predicted octanol–water partition coefficient (Wildman–Crippen LogP) is 5.20. The van der Waals surface area contributed by atoms with Crippen LogP contribution in [-0.4, -0.2) is 13.9 Å². The Morgan fingerprint density at radius 1 is 0.781 bits per heavy atom. The smallest absolute Gasteiger partial charge is 0.422 e. The topological polar surface area (TPSA) is 73.6 Å². The monoisotopic (exact) mass is 460 g/mol. The van der Waals surface area contributed by atoms with Crippen LogP contribution in [0.2, 0.25) is 0 Å². The molecular formula is C23H15F3O5S. The first-order valence-corrected chi connectivity index (χ1v) is 10.8. The summed E-state index contributed by atoms with van der Waals surface area (Å²) in [5.41, 5.74) is -6.07. The molecule has 1 aromatic heterocycles. The van der Waals surface area contributed by atoms with Gasteiger partial charge in [-0.05, 0) is 23.3 Å². The van der Waals surface area contributed by atoms with Crippen molar-refractivity contribution >= 4 is 21.1 Å². The van der Waals surface area contributed by atoms with E-state index in [1.54, 1.807) is 60.7 Å². The molecule has 4 rings (SSSR count). The van der Waals surface area contributed by atoms with Crippen LogP contribution in [-0.2, 0) is 10.1 Å². The van der Waals surface area contributed by atoms with Gasteiger partial charge in [0.05, 0.1) is 10.9 Å². The summed E-state index contributed by atoms with van der Waals surface area (Å²) < 4.78 is 73.4. The van der Waals surface area contributed by atoms with Crippen LogP contribution in [0.1, 0.15) is 22.6 Å². The molecule has 0 aliphatic heterocycles. The maximum absolute atomic E-state index is 13.2. The molecule has 0 saturated carbocycles. The number of alkyl halides is 3. The van der Waals surface area contributed by atoms with E-state index < -0.39 is 32.9 Å². The van der Waals surface area contributed by atoms with Crippen LogP contribution in [0.5, 0.6) is 5.75 Å². The third kappa shape index (κ3) is 3.99. The fourth-order valence-corrected chi connectivity index (χ4v) is 3.94. The fraction of sp³-hybridized carbons (Fsp3) is 0.0870. The van der Waals surface area contributed by atoms with Crippen LogP contribution in [0.4, 0.5) is 13.2 Å². The summed E-state index contributed by atoms with van der Waals surface area (Å²) in [5.74, 6) is -1.66. The summed E-state index contributed by atoms with van der Waals surface area (Å²) in [6, 6.07) is 22.6. The van der Waals surface area contributed by atoms with E-state index in [1.807, 2.05) is 0 Å². The second kappa shape index (κ2) is 8.16. The minimum atomic E-state index is -6.06. The summed E-state index contributed by atoms with van der Waals surface area (Å²) in [6.45, 7) is 0. The van der Waals surface area contributed by atoms with Gasteiger partial charge < -0.3 is 8.60 Å². The third-order valence-electron chi connectivity index (χ3n) is 4.83. The molecule has 5 nitrogen and oxygen atoms in total. The van der Waals surface area contributed by atoms with Gasteiger partial charge in [-0.25, -0.2) is 4.79 Å². The van der Waals surface area contributed by atoms with Crippen molar-refractivity contribution in [2.75, 3.05) is 0 Å². The van der Waals surface area contributed by atoms with Gasteiger partial charge in [0, 0.05) is 5.92 Å². The molecular weight excluding hydrogens is 445 g/mol. The first-order chi connectivity index (χ1) is 15.2. The summed E-state index contributed by atoms with van der Waals surface area (Å²) in [4.78, 5) is 13.1. The van der Waals surface area contributed by atoms with Crippen molar-refractivity contribution in [3.05, 3.63) is 112 Å². The lowest BCUT2D eigenvalue weighted by atomic mass is 9.85. The average Bonchev–Trinajstić information content (AvgIpc) is 2.76. The van der Waals surface area contributed by atoms with Crippen molar-refractivity contribution in [1.82, 2.24) is 0 Å². The minimum absolute atomic E-state index is 0.0770. The van der Waals surface area contributed by atoms with Crippen LogP contribution >= 0.6 is 0 Å². The van der Waals surface area contributed by atoms with E-state index in [4.69, 9.17) is 4.42 Å². The maximum Gasteiger partial charge on any atom is 0.534 e. The third-order valence-corrected chi connectivity index (χ3v) is 5.78. The molecule has 0 fully saturated rings. The Morgan fingerprint density at radius 2 is 1.28 bits per heavy atom. The molecule has 0 radical (unpaired) electrons. The normalized spacial score (nSPS) is 12.2. The number of hydrogen-bond acceptors (Lipinski definition) is 5. The Hall–Kier alpha value is -3.59. The fourth-order valence-electron chi connectivity index (χ4n) is 3.45. The predicted molar refractivity (Wildman–Crippen MR) is 112 cm³/mol. The lowest BCUT2D eigenvalue weighted by Gasteiger charge is -2.21. The highest BCUT2D eigenvalue weighted by atomic mass is 32.2. The van der Waals surface area contributed by atoms with Crippen LogP contribution in [0, 0.1) is 0 Å². The first kappa shape index (κ1) is 21.6. The quantitative estimate of drug-likeness (QED) is 0.233. The molecule has 4 aromatic rings. The standard InChI is InChI=1S/C23H15F3O5S/c24-23(25,26)32(28,29)31-21-17-13-7-8-14-18(17)30-22(27)20(21)19(15-9-3-1-4-10-15)16-11-5-2-6-12-16/h1-14,19H. The average molecular weight is 460 g/mol. The summed E-state index contributed by atoms with van der Waals surface area (Å²) in [5, 5.41) is -0.0770. The lowest BCUT2D eigenvalue weighted by molar-refractivity contribution is -0.0500. The molecule has 32 heavy (non-hydrogen) atoms. The maximum atomic E-state index is 13.2. The Morgan fingerprint density at radius 3 is 1.81 bits per heavy atom. The minimum Gasteiger partial charge on any atom is -0.422 e. The zero-order valence-electron chi connectivity index (χ0n) is 16.2. The van der Waals surface area contributed by atoms with E-state index in [0.29, 0.717) is 11.1 Å². The van der Waals surface area contributed by atoms with Gasteiger partial charge in [-0.3, -0.25) is 0 Å². The molecule has 3 aromatic carbocycles. The van der Waals surface area contributed by atoms with Crippen LogP contribution in [0.3, 0.4) is 0 Å². The number of hydrogen-bond donors (Lipinski definition) is 0. The van der Waals surface area contributed by atoms with E-state index in [9.17, 15) is 26.4 Å². The van der Waals surface area contributed by atoms with Crippen LogP contribution in [0.25, 0.3) is 11.0 Å². The lowest BCUT2D eigenvalue weighted by Crippen LogP contribution is -2.29. The molecule has 164 valence electrons. The van der Waals surface area contributed by atoms with Crippen molar-refractivity contribution in [2.24, 2.45) is 0 Å². The summed E-state index contributed by atoms with van der Waals surface area (Å²) in [6.07, 6.45) is 0. The molecule has 1 heterocycles. The molecule has 0 saturated heterocycles. The van der Waals surface area contributed by atoms with Crippen molar-refractivity contribution < 1.29 is 30.2 Å². The SMILES string of the molecule is O=c1oc2ccccc2c(OS(=O)(=O)C(F)(F)F)c1C(c1ccccc1)c1ccccc1. The van der Waals surface area contributed by atoms with Crippen molar-refractivity contribution in [2.45, 2.75) is 11.4 Å². The first-order valence-electron chi connectivity index (χ1n) is 9.35. The van der Waals surface area contributed by atoms with Gasteiger partial charge in [0.15, 0.2) is 5.75 Å². The van der Waals surface area contributed by atoms with Gasteiger partial charge in [-0.2, -0.15) is 21.6 Å². The summed E-state index contributed by atoms with van der Waals surface area (Å²) >= 11 is 0. The summed E-state index contributed by atoms with van der Waals surface area (Å²) in [7, 11) is -6.06. The van der Waals surface area contributed by atoms with E-state index in [2.05, 4.69) is 4.18 Å². The van der Waals surface area contributed by atoms with Gasteiger partial charge in [0.2, 0.25) is 0 Å². The molecule has 0 amide bonds. The van der Waals surface area contributed by atoms with Crippen molar-refractivity contribution in [3.8, 4) is 5.75 Å². The van der Waals surface area contributed by atoms with E-state index in [-0.39, 0.29) is 16.5 Å². The van der Waals surface area contributed by atoms with E-state index in [1.165, 1.54) is 24.3 Å². The van der Waals surface area contributed by atoms with Gasteiger partial charge >= 0.3 is 21.3 Å². The van der Waals surface area contributed by atoms with E-state index >= 15 is 0 Å². The number of halogens is 3. The molecule has 0 N–H and O–H groups in total. The molecule has 0 bridgehead atoms. The molecule has 0 atom stereocenters. The van der Waals surface area contributed by atoms with Gasteiger partial charge in [-0.15, -0.1) is 0 Å². The van der Waals surface area contributed by atoms with Crippen LogP contribution < -0.4 is 9.81 Å². The highest BCUT2D eigenvalue weighted by Crippen LogP contribution is 2.40. The van der Waals surface area contributed by atoms with Gasteiger partial charge in [-0.1, -0.05) is 72.8 Å². The van der Waals surface area contributed by atoms with Gasteiger partial charge in [0.1, 0.15) is 5.58 Å². The molecule has 9 heteroatoms. The van der Waals surface area contributed by atoms with Crippen molar-refractivity contribution in [3.63, 3.8) is 0 Å². The van der Waals surface area contributed by atoms with Gasteiger partial charge in [0.25, 0.3) is 0 Å². The number of benzene rings is 3. The Labute approximate surface area is 180 Å². The molecule has 0 unspecified atom stereocenters. The largest absolute Gasteiger partial charge is 0.534 e. The van der Waals surface area contributed by atoms with Crippen molar-refractivity contribution in [1.29, 1.82) is 0 Å². The molecule has 0 aliphatic rings. The Kier molecular flexibility index (Phi) is 5.52. The number of para-hydroxylation sites is 1. The second-order valence-electron chi connectivity index (χ2n) is 6.87. The Balaban J connectivity index is 2.09. The Bertz CT molecular complexity index is 1370. The molecule has 0 spiro atoms. The zero-order valence-corrected chi connectivity index (χ0v) is 17.1. The highest BCUT2D eigenvalue weighted by molar-refractivity contribution is 7.88. The second-order valence-corrected chi connectivity index (χ2v) is 8.40. The number of rotatable bonds is 5. The molecule has 0 aliphatic carbocycles. The highest BCUT2D eigenvalue weighted by Gasteiger charge is 2.49. The van der Waals surface area contributed by atoms with Crippen LogP contribution in [0.15, 0.2) is 94.1 Å².